The molecule has 0 saturated carbocycles. The molecule has 1 aromatic carbocycles. The Hall–Kier alpha value is -3.03. The number of carbonyl (C=O) groups is 2. The van der Waals surface area contributed by atoms with Crippen molar-refractivity contribution >= 4 is 11.9 Å². The molecule has 1 aromatic heterocycles. The van der Waals surface area contributed by atoms with Crippen molar-refractivity contribution in [1.82, 2.24) is 14.7 Å². The van der Waals surface area contributed by atoms with Crippen LogP contribution in [0.2, 0.25) is 0 Å². The molecule has 1 aliphatic rings. The second kappa shape index (κ2) is 7.30. The number of ether oxygens (including phenoxy) is 3. The first-order valence-electron chi connectivity index (χ1n) is 8.55. The van der Waals surface area contributed by atoms with E-state index in [1.54, 1.807) is 57.1 Å². The van der Waals surface area contributed by atoms with E-state index in [4.69, 9.17) is 14.2 Å². The van der Waals surface area contributed by atoms with Crippen LogP contribution in [0.25, 0.3) is 0 Å². The average Bonchev–Trinajstić information content (AvgIpc) is 3.14. The first-order chi connectivity index (χ1) is 12.8. The molecule has 1 aliphatic heterocycles. The van der Waals surface area contributed by atoms with Crippen molar-refractivity contribution in [3.8, 4) is 11.5 Å². The van der Waals surface area contributed by atoms with Gasteiger partial charge in [0.15, 0.2) is 6.10 Å². The summed E-state index contributed by atoms with van der Waals surface area (Å²) < 4.78 is 17.6. The molecule has 1 fully saturated rings. The van der Waals surface area contributed by atoms with Gasteiger partial charge in [-0.2, -0.15) is 5.10 Å². The number of amides is 1. The number of rotatable bonds is 5. The Morgan fingerprint density at radius 3 is 2.30 bits per heavy atom. The number of methoxy groups -OCH3 is 2. The van der Waals surface area contributed by atoms with E-state index in [0.29, 0.717) is 29.2 Å². The van der Waals surface area contributed by atoms with Crippen LogP contribution in [0, 0.1) is 6.92 Å². The van der Waals surface area contributed by atoms with Crippen LogP contribution in [0.4, 0.5) is 0 Å². The summed E-state index contributed by atoms with van der Waals surface area (Å²) in [4.78, 5) is 26.7. The molecule has 0 unspecified atom stereocenters. The normalized spacial score (nSPS) is 19.3. The lowest BCUT2D eigenvalue weighted by Crippen LogP contribution is -2.30. The number of likely N-dealkylation sites (tertiary alicyclic amines) is 1. The van der Waals surface area contributed by atoms with Crippen molar-refractivity contribution in [3.05, 3.63) is 41.2 Å². The summed E-state index contributed by atoms with van der Waals surface area (Å²) in [6, 6.07) is 5.23. The summed E-state index contributed by atoms with van der Waals surface area (Å²) in [6.45, 7) is 1.73. The maximum atomic E-state index is 12.6. The topological polar surface area (TPSA) is 82.9 Å². The van der Waals surface area contributed by atoms with Crippen molar-refractivity contribution in [1.29, 1.82) is 0 Å². The minimum atomic E-state index is -0.843. The second-order valence-corrected chi connectivity index (χ2v) is 6.54. The summed E-state index contributed by atoms with van der Waals surface area (Å²) in [7, 11) is 6.57. The van der Waals surface area contributed by atoms with E-state index in [0.717, 1.165) is 5.56 Å². The third-order valence-electron chi connectivity index (χ3n) is 4.77. The van der Waals surface area contributed by atoms with E-state index in [1.807, 2.05) is 12.1 Å². The van der Waals surface area contributed by atoms with E-state index < -0.39 is 12.1 Å². The number of likely N-dealkylation sites (N-methyl/N-ethyl adjacent to an activating group) is 1. The Morgan fingerprint density at radius 1 is 1.15 bits per heavy atom. The van der Waals surface area contributed by atoms with Gasteiger partial charge in [-0.3, -0.25) is 9.48 Å². The van der Waals surface area contributed by atoms with Gasteiger partial charge in [-0.25, -0.2) is 4.79 Å². The van der Waals surface area contributed by atoms with Gasteiger partial charge in [0, 0.05) is 32.8 Å². The van der Waals surface area contributed by atoms with Crippen molar-refractivity contribution in [2.45, 2.75) is 25.5 Å². The fraction of sp³-hybridized carbons (Fsp3) is 0.421. The minimum Gasteiger partial charge on any atom is -0.497 e. The second-order valence-electron chi connectivity index (χ2n) is 6.54. The highest BCUT2D eigenvalue weighted by Crippen LogP contribution is 2.37. The molecule has 2 heterocycles. The molecular weight excluding hydrogens is 350 g/mol. The van der Waals surface area contributed by atoms with E-state index in [2.05, 4.69) is 5.10 Å². The van der Waals surface area contributed by atoms with Crippen LogP contribution in [0.15, 0.2) is 24.4 Å². The van der Waals surface area contributed by atoms with Crippen LogP contribution in [-0.2, 0) is 16.6 Å². The first-order valence-corrected chi connectivity index (χ1v) is 8.55. The molecule has 1 amide bonds. The van der Waals surface area contributed by atoms with Gasteiger partial charge >= 0.3 is 5.97 Å². The quantitative estimate of drug-likeness (QED) is 0.744. The highest BCUT2D eigenvalue weighted by Gasteiger charge is 2.41. The van der Waals surface area contributed by atoms with Crippen molar-refractivity contribution in [2.75, 3.05) is 21.3 Å². The van der Waals surface area contributed by atoms with Crippen LogP contribution in [0.5, 0.6) is 11.5 Å². The molecule has 1 saturated heterocycles. The van der Waals surface area contributed by atoms with Crippen molar-refractivity contribution < 1.29 is 23.8 Å². The average molecular weight is 373 g/mol. The lowest BCUT2D eigenvalue weighted by atomic mass is 10.0. The van der Waals surface area contributed by atoms with Gasteiger partial charge in [0.05, 0.1) is 26.0 Å². The summed E-state index contributed by atoms with van der Waals surface area (Å²) in [5, 5.41) is 4.13. The molecule has 8 heteroatoms. The van der Waals surface area contributed by atoms with Crippen LogP contribution < -0.4 is 9.47 Å². The lowest BCUT2D eigenvalue weighted by molar-refractivity contribution is -0.134. The van der Waals surface area contributed by atoms with Crippen molar-refractivity contribution in [2.24, 2.45) is 7.05 Å². The molecule has 0 spiro atoms. The van der Waals surface area contributed by atoms with Crippen molar-refractivity contribution in [3.63, 3.8) is 0 Å². The van der Waals surface area contributed by atoms with Gasteiger partial charge < -0.3 is 19.1 Å². The number of hydrogen-bond acceptors (Lipinski definition) is 6. The summed E-state index contributed by atoms with van der Waals surface area (Å²) in [6.07, 6.45) is 1.10. The Kier molecular flexibility index (Phi) is 5.07. The number of carbonyl (C=O) groups excluding carboxylic acids is 2. The zero-order valence-electron chi connectivity index (χ0n) is 16.1. The monoisotopic (exact) mass is 373 g/mol. The Balaban J connectivity index is 1.81. The summed E-state index contributed by atoms with van der Waals surface area (Å²) in [5.41, 5.74) is 1.79. The molecular formula is C19H23N3O5. The van der Waals surface area contributed by atoms with Gasteiger partial charge in [-0.1, -0.05) is 0 Å². The van der Waals surface area contributed by atoms with E-state index in [9.17, 15) is 9.59 Å². The number of esters is 1. The van der Waals surface area contributed by atoms with E-state index in [-0.39, 0.29) is 11.9 Å². The molecule has 2 atom stereocenters. The molecule has 8 nitrogen and oxygen atoms in total. The van der Waals surface area contributed by atoms with Gasteiger partial charge in [0.25, 0.3) is 5.91 Å². The van der Waals surface area contributed by atoms with Gasteiger partial charge in [-0.05, 0) is 24.6 Å². The van der Waals surface area contributed by atoms with E-state index >= 15 is 0 Å². The molecule has 27 heavy (non-hydrogen) atoms. The smallest absolute Gasteiger partial charge is 0.342 e. The van der Waals surface area contributed by atoms with Gasteiger partial charge in [-0.15, -0.1) is 0 Å². The predicted molar refractivity (Wildman–Crippen MR) is 96.8 cm³/mol. The standard InChI is InChI=1S/C19H23N3O5/c1-11-15(10-21(2)20-11)19(24)27-17-9-16(22(3)18(17)23)12-6-13(25-4)8-14(7-12)26-5/h6-8,10,16-17H,9H2,1-5H3/t16-,17+/m1/s1. The largest absolute Gasteiger partial charge is 0.497 e. The molecule has 0 aliphatic carbocycles. The molecule has 144 valence electrons. The fourth-order valence-corrected chi connectivity index (χ4v) is 3.32. The minimum absolute atomic E-state index is 0.239. The molecule has 0 bridgehead atoms. The summed E-state index contributed by atoms with van der Waals surface area (Å²) >= 11 is 0. The molecule has 3 rings (SSSR count). The number of aryl methyl sites for hydroxylation is 2. The van der Waals surface area contributed by atoms with Crippen LogP contribution in [0.1, 0.15) is 34.1 Å². The summed E-state index contributed by atoms with van der Waals surface area (Å²) in [5.74, 6) is 0.487. The Bertz CT molecular complexity index is 854. The number of benzene rings is 1. The van der Waals surface area contributed by atoms with Gasteiger partial charge in [0.1, 0.15) is 17.1 Å². The molecule has 0 N–H and O–H groups in total. The first kappa shape index (κ1) is 18.8. The maximum Gasteiger partial charge on any atom is 0.342 e. The number of hydrogen-bond donors (Lipinski definition) is 0. The third kappa shape index (κ3) is 3.60. The zero-order chi connectivity index (χ0) is 19.7. The highest BCUT2D eigenvalue weighted by molar-refractivity contribution is 5.93. The number of nitrogens with zero attached hydrogens (tertiary/aromatic N) is 3. The van der Waals surface area contributed by atoms with Crippen LogP contribution in [0.3, 0.4) is 0 Å². The predicted octanol–water partition coefficient (Wildman–Crippen LogP) is 1.87. The third-order valence-corrected chi connectivity index (χ3v) is 4.77. The Labute approximate surface area is 157 Å². The van der Waals surface area contributed by atoms with E-state index in [1.165, 1.54) is 0 Å². The van der Waals surface area contributed by atoms with Crippen LogP contribution in [-0.4, -0.2) is 53.9 Å². The van der Waals surface area contributed by atoms with Gasteiger partial charge in [0.2, 0.25) is 0 Å². The number of aromatic nitrogens is 2. The molecule has 2 aromatic rings. The highest BCUT2D eigenvalue weighted by atomic mass is 16.5. The maximum absolute atomic E-state index is 12.6. The SMILES string of the molecule is COc1cc(OC)cc([C@H]2C[C@H](OC(=O)c3cn(C)nc3C)C(=O)N2C)c1. The molecule has 0 radical (unpaired) electrons. The Morgan fingerprint density at radius 2 is 1.78 bits per heavy atom. The zero-order valence-corrected chi connectivity index (χ0v) is 16.1. The van der Waals surface area contributed by atoms with Crippen LogP contribution >= 0.6 is 0 Å². The fourth-order valence-electron chi connectivity index (χ4n) is 3.32. The lowest BCUT2D eigenvalue weighted by Gasteiger charge is -2.20.